The van der Waals surface area contributed by atoms with Gasteiger partial charge in [-0.25, -0.2) is 4.98 Å². The molecule has 1 aromatic heterocycles. The number of benzene rings is 1. The van der Waals surface area contributed by atoms with Gasteiger partial charge in [0.15, 0.2) is 0 Å². The first-order chi connectivity index (χ1) is 25.6. The molecular weight excluding hydrogens is 705 g/mol. The zero-order valence-electron chi connectivity index (χ0n) is 34.5. The summed E-state index contributed by atoms with van der Waals surface area (Å²) >= 11 is 1.55. The number of hydrogen-bond acceptors (Lipinski definition) is 10. The molecule has 1 aliphatic rings. The topological polar surface area (TPSA) is 145 Å². The van der Waals surface area contributed by atoms with Crippen LogP contribution in [0.2, 0.25) is 0 Å². The van der Waals surface area contributed by atoms with Crippen LogP contribution in [0.15, 0.2) is 41.9 Å². The lowest BCUT2D eigenvalue weighted by Crippen LogP contribution is -2.59. The molecule has 4 N–H and O–H groups in total. The van der Waals surface area contributed by atoms with E-state index in [2.05, 4.69) is 46.9 Å². The number of carbonyl (C=O) groups is 3. The number of methoxy groups -OCH3 is 2. The van der Waals surface area contributed by atoms with Crippen molar-refractivity contribution in [3.63, 3.8) is 0 Å². The predicted molar refractivity (Wildman–Crippen MR) is 215 cm³/mol. The van der Waals surface area contributed by atoms with Crippen molar-refractivity contribution in [3.05, 3.63) is 52.5 Å². The van der Waals surface area contributed by atoms with E-state index in [0.29, 0.717) is 19.5 Å². The SMILES string of the molecule is CCC(C)C(C(CC(=O)N1CCCC1C(OC)C(C)C(O)NC(Cc1ccccc1)c1nccs1)OC)N(C)C(=O)C(NC(=O)C(C)(C)CNC)C(C)C. The van der Waals surface area contributed by atoms with Crippen molar-refractivity contribution in [2.45, 2.75) is 123 Å². The average Bonchev–Trinajstić information content (AvgIpc) is 3.87. The summed E-state index contributed by atoms with van der Waals surface area (Å²) in [5.74, 6) is -1.01. The Hall–Kier alpha value is -2.94. The number of rotatable bonds is 22. The van der Waals surface area contributed by atoms with Crippen LogP contribution >= 0.6 is 11.3 Å². The minimum Gasteiger partial charge on any atom is -0.379 e. The van der Waals surface area contributed by atoms with Crippen molar-refractivity contribution < 1.29 is 29.0 Å². The standard InChI is InChI=1S/C41H68N6O6S/c1-12-27(4)35(46(9)39(50)34(26(2)3)45-40(51)41(6,7)25-42-8)32(52-10)24-33(48)47-21-16-19-31(47)36(53-11)28(5)37(49)44-30(38-43-20-22-54-38)23-29-17-14-13-15-18-29/h13-15,17-18,20,22,26-28,30-32,34-37,42,44,49H,12,16,19,21,23-25H2,1-11H3,(H,45,51). The summed E-state index contributed by atoms with van der Waals surface area (Å²) in [6, 6.07) is 8.52. The van der Waals surface area contributed by atoms with Gasteiger partial charge in [0.05, 0.1) is 42.2 Å². The molecule has 9 unspecified atom stereocenters. The third-order valence-corrected chi connectivity index (χ3v) is 12.1. The zero-order valence-corrected chi connectivity index (χ0v) is 35.3. The molecular formula is C41H68N6O6S. The highest BCUT2D eigenvalue weighted by Crippen LogP contribution is 2.31. The minimum absolute atomic E-state index is 0.00459. The molecule has 1 aromatic carbocycles. The fourth-order valence-electron chi connectivity index (χ4n) is 7.79. The van der Waals surface area contributed by atoms with Gasteiger partial charge in [-0.15, -0.1) is 11.3 Å². The number of thiazole rings is 1. The van der Waals surface area contributed by atoms with Crippen LogP contribution in [-0.2, 0) is 30.3 Å². The van der Waals surface area contributed by atoms with Crippen molar-refractivity contribution in [1.82, 2.24) is 30.7 Å². The fraction of sp³-hybridized carbons (Fsp3) is 0.707. The molecule has 1 saturated heterocycles. The Morgan fingerprint density at radius 1 is 1.11 bits per heavy atom. The zero-order chi connectivity index (χ0) is 40.2. The van der Waals surface area contributed by atoms with Crippen LogP contribution in [0.3, 0.4) is 0 Å². The van der Waals surface area contributed by atoms with E-state index in [1.54, 1.807) is 50.7 Å². The van der Waals surface area contributed by atoms with Crippen LogP contribution < -0.4 is 16.0 Å². The molecule has 0 aliphatic carbocycles. The lowest BCUT2D eigenvalue weighted by molar-refractivity contribution is -0.148. The van der Waals surface area contributed by atoms with Gasteiger partial charge in [-0.1, -0.05) is 71.4 Å². The highest BCUT2D eigenvalue weighted by molar-refractivity contribution is 7.09. The summed E-state index contributed by atoms with van der Waals surface area (Å²) in [5, 5.41) is 23.9. The first kappa shape index (κ1) is 45.4. The van der Waals surface area contributed by atoms with Gasteiger partial charge in [-0.3, -0.25) is 19.7 Å². The number of carbonyl (C=O) groups excluding carboxylic acids is 3. The number of hydrogen-bond donors (Lipinski definition) is 4. The first-order valence-electron chi connectivity index (χ1n) is 19.6. The maximum absolute atomic E-state index is 14.3. The molecule has 9 atom stereocenters. The second kappa shape index (κ2) is 21.4. The Bertz CT molecular complexity index is 1430. The number of nitrogens with zero attached hydrogens (tertiary/aromatic N) is 3. The van der Waals surface area contributed by atoms with E-state index in [1.165, 1.54) is 0 Å². The number of aliphatic hydroxyl groups is 1. The van der Waals surface area contributed by atoms with Crippen LogP contribution in [0.5, 0.6) is 0 Å². The molecule has 3 amide bonds. The largest absolute Gasteiger partial charge is 0.379 e. The van der Waals surface area contributed by atoms with E-state index in [9.17, 15) is 19.5 Å². The number of aliphatic hydroxyl groups excluding tert-OH is 1. The van der Waals surface area contributed by atoms with Crippen LogP contribution in [0, 0.1) is 23.2 Å². The second-order valence-corrected chi connectivity index (χ2v) is 16.9. The van der Waals surface area contributed by atoms with Gasteiger partial charge in [0, 0.05) is 51.9 Å². The number of likely N-dealkylation sites (tertiary alicyclic amines) is 1. The summed E-state index contributed by atoms with van der Waals surface area (Å²) in [4.78, 5) is 49.9. The molecule has 3 rings (SSSR count). The quantitative estimate of drug-likeness (QED) is 0.126. The molecule has 54 heavy (non-hydrogen) atoms. The van der Waals surface area contributed by atoms with E-state index >= 15 is 0 Å². The van der Waals surface area contributed by atoms with Gasteiger partial charge in [0.1, 0.15) is 17.3 Å². The number of likely N-dealkylation sites (N-methyl/N-ethyl adjacent to an activating group) is 1. The fourth-order valence-corrected chi connectivity index (χ4v) is 8.49. The Morgan fingerprint density at radius 3 is 2.35 bits per heavy atom. The van der Waals surface area contributed by atoms with E-state index in [0.717, 1.165) is 29.8 Å². The second-order valence-electron chi connectivity index (χ2n) is 16.0. The molecule has 13 heteroatoms. The molecule has 0 bridgehead atoms. The molecule has 0 spiro atoms. The Morgan fingerprint density at radius 2 is 1.80 bits per heavy atom. The molecule has 304 valence electrons. The van der Waals surface area contributed by atoms with Gasteiger partial charge in [0.2, 0.25) is 17.7 Å². The lowest BCUT2D eigenvalue weighted by atomic mass is 9.88. The van der Waals surface area contributed by atoms with Gasteiger partial charge in [0.25, 0.3) is 0 Å². The normalized spacial score (nSPS) is 19.4. The van der Waals surface area contributed by atoms with Gasteiger partial charge < -0.3 is 35.0 Å². The van der Waals surface area contributed by atoms with Gasteiger partial charge >= 0.3 is 0 Å². The number of amides is 3. The third-order valence-electron chi connectivity index (χ3n) is 11.2. The summed E-state index contributed by atoms with van der Waals surface area (Å²) in [7, 11) is 6.78. The third kappa shape index (κ3) is 11.8. The number of aromatic nitrogens is 1. The Labute approximate surface area is 328 Å². The smallest absolute Gasteiger partial charge is 0.245 e. The average molecular weight is 773 g/mol. The van der Waals surface area contributed by atoms with E-state index in [-0.39, 0.29) is 54.0 Å². The Kier molecular flexibility index (Phi) is 18.0. The first-order valence-corrected chi connectivity index (χ1v) is 20.4. The van der Waals surface area contributed by atoms with Gasteiger partial charge in [-0.2, -0.15) is 0 Å². The molecule has 0 saturated carbocycles. The van der Waals surface area contributed by atoms with E-state index < -0.39 is 35.9 Å². The Balaban J connectivity index is 1.78. The minimum atomic E-state index is -0.926. The summed E-state index contributed by atoms with van der Waals surface area (Å²) < 4.78 is 12.1. The number of nitrogens with one attached hydrogen (secondary N) is 3. The van der Waals surface area contributed by atoms with E-state index in [4.69, 9.17) is 9.47 Å². The van der Waals surface area contributed by atoms with Crippen molar-refractivity contribution >= 4 is 29.1 Å². The van der Waals surface area contributed by atoms with Crippen LogP contribution in [0.1, 0.15) is 90.8 Å². The van der Waals surface area contributed by atoms with Crippen molar-refractivity contribution in [3.8, 4) is 0 Å². The molecule has 0 radical (unpaired) electrons. The highest BCUT2D eigenvalue weighted by Gasteiger charge is 2.43. The summed E-state index contributed by atoms with van der Waals surface area (Å²) in [5.41, 5.74) is 0.425. The monoisotopic (exact) mass is 772 g/mol. The summed E-state index contributed by atoms with van der Waals surface area (Å²) in [6.45, 7) is 14.7. The van der Waals surface area contributed by atoms with Crippen LogP contribution in [0.4, 0.5) is 0 Å². The van der Waals surface area contributed by atoms with Crippen molar-refractivity contribution in [2.75, 3.05) is 41.4 Å². The predicted octanol–water partition coefficient (Wildman–Crippen LogP) is 4.64. The highest BCUT2D eigenvalue weighted by atomic mass is 32.1. The van der Waals surface area contributed by atoms with Crippen LogP contribution in [0.25, 0.3) is 0 Å². The van der Waals surface area contributed by atoms with Crippen molar-refractivity contribution in [1.29, 1.82) is 0 Å². The molecule has 2 aromatic rings. The molecule has 1 fully saturated rings. The summed E-state index contributed by atoms with van der Waals surface area (Å²) in [6.07, 6.45) is 2.87. The van der Waals surface area contributed by atoms with Crippen molar-refractivity contribution in [2.24, 2.45) is 23.2 Å². The lowest BCUT2D eigenvalue weighted by Gasteiger charge is -2.41. The molecule has 12 nitrogen and oxygen atoms in total. The maximum Gasteiger partial charge on any atom is 0.245 e. The van der Waals surface area contributed by atoms with E-state index in [1.807, 2.05) is 63.1 Å². The van der Waals surface area contributed by atoms with Gasteiger partial charge in [-0.05, 0) is 57.6 Å². The molecule has 2 heterocycles. The number of ether oxygens (including phenoxy) is 2. The molecule has 1 aliphatic heterocycles. The van der Waals surface area contributed by atoms with Crippen LogP contribution in [-0.4, -0.2) is 116 Å². The maximum atomic E-state index is 14.3.